The Labute approximate surface area is 93.0 Å². The summed E-state index contributed by atoms with van der Waals surface area (Å²) in [7, 11) is 1.98. The smallest absolute Gasteiger partial charge is 0.245 e. The summed E-state index contributed by atoms with van der Waals surface area (Å²) in [6, 6.07) is 10.2. The molecule has 4 heteroatoms. The van der Waals surface area contributed by atoms with Crippen molar-refractivity contribution >= 4 is 11.0 Å². The van der Waals surface area contributed by atoms with Crippen LogP contribution in [0.5, 0.6) is 0 Å². The molecule has 0 N–H and O–H groups in total. The van der Waals surface area contributed by atoms with E-state index in [0.29, 0.717) is 6.54 Å². The summed E-state index contributed by atoms with van der Waals surface area (Å²) in [4.78, 5) is 0. The van der Waals surface area contributed by atoms with Gasteiger partial charge in [-0.2, -0.15) is 5.26 Å². The third-order valence-electron chi connectivity index (χ3n) is 2.12. The van der Waals surface area contributed by atoms with Crippen LogP contribution in [-0.2, 0) is 13.6 Å². The molecule has 0 saturated heterocycles. The number of hydrogen-bond donors (Lipinski definition) is 0. The third-order valence-corrected chi connectivity index (χ3v) is 2.12. The first-order valence-corrected chi connectivity index (χ1v) is 4.13. The van der Waals surface area contributed by atoms with Crippen molar-refractivity contribution < 1.29 is 21.5 Å². The van der Waals surface area contributed by atoms with E-state index in [2.05, 4.69) is 6.07 Å². The Morgan fingerprint density at radius 1 is 1.43 bits per heavy atom. The van der Waals surface area contributed by atoms with Crippen molar-refractivity contribution in [3.63, 3.8) is 0 Å². The highest BCUT2D eigenvalue weighted by molar-refractivity contribution is 5.71. The molecule has 0 amide bonds. The fourth-order valence-corrected chi connectivity index (χ4v) is 1.54. The van der Waals surface area contributed by atoms with Gasteiger partial charge in [-0.3, -0.25) is 0 Å². The van der Waals surface area contributed by atoms with Crippen LogP contribution in [0.15, 0.2) is 30.6 Å². The van der Waals surface area contributed by atoms with Gasteiger partial charge in [0.05, 0.1) is 7.05 Å². The summed E-state index contributed by atoms with van der Waals surface area (Å²) in [5.41, 5.74) is 2.25. The summed E-state index contributed by atoms with van der Waals surface area (Å²) in [6.07, 6.45) is 1.94. The Morgan fingerprint density at radius 2 is 2.14 bits per heavy atom. The molecule has 0 fully saturated rings. The van der Waals surface area contributed by atoms with Crippen LogP contribution >= 0.6 is 0 Å². The predicted molar refractivity (Wildman–Crippen MR) is 48.7 cm³/mol. The third kappa shape index (κ3) is 1.64. The Balaban J connectivity index is 0.000000980. The van der Waals surface area contributed by atoms with E-state index in [-0.39, 0.29) is 17.0 Å². The van der Waals surface area contributed by atoms with E-state index in [4.69, 9.17) is 5.26 Å². The maximum absolute atomic E-state index is 8.61. The molecule has 1 aromatic carbocycles. The van der Waals surface area contributed by atoms with Crippen molar-refractivity contribution in [2.45, 2.75) is 6.54 Å². The number of nitriles is 1. The molecular formula is C10H10BrN3. The number of halogens is 1. The molecule has 2 aromatic rings. The van der Waals surface area contributed by atoms with Crippen molar-refractivity contribution in [3.8, 4) is 6.07 Å². The van der Waals surface area contributed by atoms with Crippen LogP contribution in [0.25, 0.3) is 11.0 Å². The molecule has 0 spiro atoms. The molecule has 0 saturated carbocycles. The first-order valence-electron chi connectivity index (χ1n) is 4.13. The summed E-state index contributed by atoms with van der Waals surface area (Å²) < 4.78 is 3.96. The monoisotopic (exact) mass is 251 g/mol. The van der Waals surface area contributed by atoms with E-state index in [0.717, 1.165) is 11.0 Å². The maximum Gasteiger partial charge on any atom is 0.245 e. The van der Waals surface area contributed by atoms with E-state index >= 15 is 0 Å². The van der Waals surface area contributed by atoms with Crippen LogP contribution in [0.2, 0.25) is 0 Å². The largest absolute Gasteiger partial charge is 1.00 e. The molecule has 2 rings (SSSR count). The van der Waals surface area contributed by atoms with E-state index in [1.165, 1.54) is 0 Å². The Kier molecular flexibility index (Phi) is 3.26. The van der Waals surface area contributed by atoms with Crippen molar-refractivity contribution in [3.05, 3.63) is 30.6 Å². The van der Waals surface area contributed by atoms with Gasteiger partial charge >= 0.3 is 0 Å². The standard InChI is InChI=1S/C10H10N3.BrH/c1-12-8-13(7-6-11)10-5-3-2-4-9(10)12;/h2-5,8H,7H2,1H3;1H/q+1;/p-1. The maximum atomic E-state index is 8.61. The zero-order valence-corrected chi connectivity index (χ0v) is 9.40. The van der Waals surface area contributed by atoms with Crippen molar-refractivity contribution in [1.82, 2.24) is 4.57 Å². The Morgan fingerprint density at radius 3 is 2.86 bits per heavy atom. The first kappa shape index (κ1) is 10.7. The zero-order chi connectivity index (χ0) is 9.26. The molecule has 0 atom stereocenters. The molecule has 3 nitrogen and oxygen atoms in total. The molecule has 72 valence electrons. The number of benzene rings is 1. The highest BCUT2D eigenvalue weighted by atomic mass is 79.9. The molecule has 0 aliphatic rings. The van der Waals surface area contributed by atoms with Crippen LogP contribution in [0.3, 0.4) is 0 Å². The van der Waals surface area contributed by atoms with Crippen LogP contribution in [0, 0.1) is 11.3 Å². The minimum atomic E-state index is 0. The average Bonchev–Trinajstić information content (AvgIpc) is 2.46. The fraction of sp³-hybridized carbons (Fsp3) is 0.200. The summed E-state index contributed by atoms with van der Waals surface area (Å²) >= 11 is 0. The second-order valence-electron chi connectivity index (χ2n) is 3.00. The number of aryl methyl sites for hydroxylation is 1. The van der Waals surface area contributed by atoms with Gasteiger partial charge in [-0.25, -0.2) is 9.13 Å². The van der Waals surface area contributed by atoms with E-state index in [9.17, 15) is 0 Å². The SMILES string of the molecule is C[n+]1cn(CC#N)c2ccccc21.[Br-]. The summed E-state index contributed by atoms with van der Waals surface area (Å²) in [6.45, 7) is 0.404. The first-order chi connectivity index (χ1) is 6.33. The summed E-state index contributed by atoms with van der Waals surface area (Å²) in [5, 5.41) is 8.61. The van der Waals surface area contributed by atoms with Gasteiger partial charge in [-0.15, -0.1) is 0 Å². The van der Waals surface area contributed by atoms with Crippen LogP contribution in [0.4, 0.5) is 0 Å². The van der Waals surface area contributed by atoms with Gasteiger partial charge in [0.2, 0.25) is 6.33 Å². The number of imidazole rings is 1. The average molecular weight is 252 g/mol. The highest BCUT2D eigenvalue weighted by Gasteiger charge is 2.10. The minimum absolute atomic E-state index is 0. The second kappa shape index (κ2) is 4.25. The predicted octanol–water partition coefficient (Wildman–Crippen LogP) is -2.01. The van der Waals surface area contributed by atoms with Crippen LogP contribution in [0.1, 0.15) is 0 Å². The molecule has 1 aromatic heterocycles. The molecule has 0 aliphatic heterocycles. The number of hydrogen-bond acceptors (Lipinski definition) is 1. The number of fused-ring (bicyclic) bond motifs is 1. The van der Waals surface area contributed by atoms with Gasteiger partial charge in [-0.05, 0) is 12.1 Å². The lowest BCUT2D eigenvalue weighted by molar-refractivity contribution is -0.645. The number of para-hydroxylation sites is 2. The molecular weight excluding hydrogens is 242 g/mol. The van der Waals surface area contributed by atoms with Gasteiger partial charge in [-0.1, -0.05) is 12.1 Å². The quantitative estimate of drug-likeness (QED) is 0.540. The molecule has 0 radical (unpaired) electrons. The van der Waals surface area contributed by atoms with E-state index in [1.807, 2.05) is 46.8 Å². The fourth-order valence-electron chi connectivity index (χ4n) is 1.54. The number of nitrogens with zero attached hydrogens (tertiary/aromatic N) is 3. The van der Waals surface area contributed by atoms with Crippen LogP contribution < -0.4 is 21.5 Å². The van der Waals surface area contributed by atoms with Crippen molar-refractivity contribution in [2.75, 3.05) is 0 Å². The molecule has 1 heterocycles. The second-order valence-corrected chi connectivity index (χ2v) is 3.00. The molecule has 14 heavy (non-hydrogen) atoms. The Bertz CT molecular complexity index is 482. The van der Waals surface area contributed by atoms with Gasteiger partial charge in [0, 0.05) is 0 Å². The topological polar surface area (TPSA) is 32.6 Å². The Hall–Kier alpha value is -1.34. The van der Waals surface area contributed by atoms with Gasteiger partial charge in [0.15, 0.2) is 17.6 Å². The highest BCUT2D eigenvalue weighted by Crippen LogP contribution is 2.09. The summed E-state index contributed by atoms with van der Waals surface area (Å²) in [5.74, 6) is 0. The van der Waals surface area contributed by atoms with Crippen molar-refractivity contribution in [1.29, 1.82) is 5.26 Å². The minimum Gasteiger partial charge on any atom is -1.00 e. The van der Waals surface area contributed by atoms with Gasteiger partial charge < -0.3 is 17.0 Å². The lowest BCUT2D eigenvalue weighted by Crippen LogP contribution is -3.00. The molecule has 0 unspecified atom stereocenters. The molecule has 0 bridgehead atoms. The van der Waals surface area contributed by atoms with Gasteiger partial charge in [0.25, 0.3) is 0 Å². The molecule has 0 aliphatic carbocycles. The number of rotatable bonds is 1. The lowest BCUT2D eigenvalue weighted by atomic mass is 10.3. The van der Waals surface area contributed by atoms with Gasteiger partial charge in [0.1, 0.15) is 6.07 Å². The van der Waals surface area contributed by atoms with E-state index in [1.54, 1.807) is 0 Å². The normalized spacial score (nSPS) is 9.43. The van der Waals surface area contributed by atoms with Crippen LogP contribution in [-0.4, -0.2) is 4.57 Å². The zero-order valence-electron chi connectivity index (χ0n) is 7.81. The lowest BCUT2D eigenvalue weighted by Gasteiger charge is -1.86. The van der Waals surface area contributed by atoms with E-state index < -0.39 is 0 Å². The van der Waals surface area contributed by atoms with Crippen molar-refractivity contribution in [2.24, 2.45) is 7.05 Å². The number of aromatic nitrogens is 2.